The molecular formula is C21H29Cl2N5O. The van der Waals surface area contributed by atoms with Crippen molar-refractivity contribution in [1.29, 1.82) is 0 Å². The number of likely N-dealkylation sites (tertiary alicyclic amines) is 1. The first-order chi connectivity index (χ1) is 13.7. The zero-order valence-corrected chi connectivity index (χ0v) is 18.6. The predicted octanol–water partition coefficient (Wildman–Crippen LogP) is 3.67. The molecule has 1 saturated heterocycles. The van der Waals surface area contributed by atoms with E-state index < -0.39 is 5.54 Å². The van der Waals surface area contributed by atoms with Gasteiger partial charge in [-0.05, 0) is 51.3 Å². The predicted molar refractivity (Wildman–Crippen MR) is 121 cm³/mol. The van der Waals surface area contributed by atoms with Crippen molar-refractivity contribution in [3.63, 3.8) is 0 Å². The van der Waals surface area contributed by atoms with Crippen LogP contribution in [0, 0.1) is 0 Å². The van der Waals surface area contributed by atoms with Crippen molar-refractivity contribution in [2.24, 2.45) is 16.5 Å². The van der Waals surface area contributed by atoms with Crippen LogP contribution in [-0.2, 0) is 4.79 Å². The van der Waals surface area contributed by atoms with Gasteiger partial charge in [0.2, 0.25) is 5.91 Å². The first kappa shape index (κ1) is 23.3. The maximum atomic E-state index is 12.8. The minimum absolute atomic E-state index is 0.151. The summed E-state index contributed by atoms with van der Waals surface area (Å²) in [7, 11) is 0. The van der Waals surface area contributed by atoms with Gasteiger partial charge in [0, 0.05) is 30.0 Å². The number of nitrogens with zero attached hydrogens (tertiary/aromatic N) is 2. The molecule has 158 valence electrons. The van der Waals surface area contributed by atoms with Gasteiger partial charge < -0.3 is 21.7 Å². The van der Waals surface area contributed by atoms with Gasteiger partial charge in [-0.3, -0.25) is 4.79 Å². The average Bonchev–Trinajstić information content (AvgIpc) is 2.71. The molecule has 6 nitrogen and oxygen atoms in total. The van der Waals surface area contributed by atoms with Crippen molar-refractivity contribution in [3.05, 3.63) is 57.9 Å². The number of amides is 1. The summed E-state index contributed by atoms with van der Waals surface area (Å²) < 4.78 is 0. The smallest absolute Gasteiger partial charge is 0.240 e. The third kappa shape index (κ3) is 5.98. The van der Waals surface area contributed by atoms with E-state index in [9.17, 15) is 4.79 Å². The van der Waals surface area contributed by atoms with Gasteiger partial charge >= 0.3 is 0 Å². The molecule has 1 heterocycles. The van der Waals surface area contributed by atoms with Crippen LogP contribution in [0.3, 0.4) is 0 Å². The molecule has 1 aromatic rings. The number of nitrogens with two attached hydrogens (primary N) is 2. The highest BCUT2D eigenvalue weighted by Gasteiger charge is 2.38. The SMILES string of the molecule is CC=CN=C(N)/C(Cl)=C(\C)N1CCC(N)(C(=O)NC(C)c2ccc(Cl)cc2)CC1. The van der Waals surface area contributed by atoms with Crippen LogP contribution in [0.1, 0.15) is 45.2 Å². The molecule has 1 aliphatic rings. The Morgan fingerprint density at radius 3 is 2.45 bits per heavy atom. The van der Waals surface area contributed by atoms with Gasteiger partial charge in [0.1, 0.15) is 10.9 Å². The molecule has 5 N–H and O–H groups in total. The van der Waals surface area contributed by atoms with E-state index in [-0.39, 0.29) is 17.8 Å². The number of aliphatic imine (C=N–C) groups is 1. The van der Waals surface area contributed by atoms with Gasteiger partial charge in [-0.1, -0.05) is 41.4 Å². The van der Waals surface area contributed by atoms with Crippen LogP contribution >= 0.6 is 23.2 Å². The Labute approximate surface area is 182 Å². The monoisotopic (exact) mass is 437 g/mol. The van der Waals surface area contributed by atoms with Crippen LogP contribution in [0.2, 0.25) is 5.02 Å². The van der Waals surface area contributed by atoms with Crippen molar-refractivity contribution in [1.82, 2.24) is 10.2 Å². The Kier molecular flexibility index (Phi) is 8.14. The number of carbonyl (C=O) groups is 1. The van der Waals surface area contributed by atoms with Crippen molar-refractivity contribution in [3.8, 4) is 0 Å². The lowest BCUT2D eigenvalue weighted by molar-refractivity contribution is -0.128. The average molecular weight is 438 g/mol. The second-order valence-electron chi connectivity index (χ2n) is 7.29. The van der Waals surface area contributed by atoms with E-state index in [4.69, 9.17) is 34.7 Å². The summed E-state index contributed by atoms with van der Waals surface area (Å²) >= 11 is 12.3. The molecule has 1 aliphatic heterocycles. The maximum Gasteiger partial charge on any atom is 0.240 e. The number of hydrogen-bond acceptors (Lipinski definition) is 4. The first-order valence-electron chi connectivity index (χ1n) is 9.59. The molecule has 1 fully saturated rings. The summed E-state index contributed by atoms with van der Waals surface area (Å²) in [6.07, 6.45) is 4.40. The number of allylic oxidation sites excluding steroid dienone is 2. The number of nitrogens with one attached hydrogen (secondary N) is 1. The number of hydrogen-bond donors (Lipinski definition) is 3. The Morgan fingerprint density at radius 1 is 1.31 bits per heavy atom. The number of carbonyl (C=O) groups excluding carboxylic acids is 1. The van der Waals surface area contributed by atoms with E-state index in [0.717, 1.165) is 11.3 Å². The number of rotatable bonds is 6. The fourth-order valence-corrected chi connectivity index (χ4v) is 3.47. The van der Waals surface area contributed by atoms with Crippen LogP contribution in [0.4, 0.5) is 0 Å². The summed E-state index contributed by atoms with van der Waals surface area (Å²) in [5.41, 5.74) is 13.3. The fourth-order valence-electron chi connectivity index (χ4n) is 3.18. The molecule has 1 unspecified atom stereocenters. The largest absolute Gasteiger partial charge is 0.382 e. The number of amidine groups is 1. The highest BCUT2D eigenvalue weighted by molar-refractivity contribution is 6.43. The third-order valence-electron chi connectivity index (χ3n) is 5.21. The van der Waals surface area contributed by atoms with Gasteiger partial charge in [0.05, 0.1) is 11.6 Å². The molecule has 2 rings (SSSR count). The lowest BCUT2D eigenvalue weighted by Crippen LogP contribution is -2.59. The van der Waals surface area contributed by atoms with Gasteiger partial charge in [0.25, 0.3) is 0 Å². The standard InChI is InChI=1S/C21H29Cl2N5O/c1-4-11-26-19(24)18(23)15(3)28-12-9-21(25,10-13-28)20(29)27-14(2)16-5-7-17(22)8-6-16/h4-8,11,14H,9-10,12-13,25H2,1-3H3,(H2,24,26)(H,27,29)/b11-4?,18-15-. The molecule has 0 radical (unpaired) electrons. The lowest BCUT2D eigenvalue weighted by atomic mass is 9.87. The number of piperidine rings is 1. The van der Waals surface area contributed by atoms with Gasteiger partial charge in [-0.15, -0.1) is 0 Å². The maximum absolute atomic E-state index is 12.8. The first-order valence-corrected chi connectivity index (χ1v) is 10.3. The molecular weight excluding hydrogens is 409 g/mol. The Hall–Kier alpha value is -2.02. The Bertz CT molecular complexity index is 809. The van der Waals surface area contributed by atoms with Crippen LogP contribution in [-0.4, -0.2) is 35.3 Å². The molecule has 0 saturated carbocycles. The minimum atomic E-state index is -0.922. The van der Waals surface area contributed by atoms with Crippen molar-refractivity contribution in [2.75, 3.05) is 13.1 Å². The summed E-state index contributed by atoms with van der Waals surface area (Å²) in [5, 5.41) is 4.09. The third-order valence-corrected chi connectivity index (χ3v) is 5.92. The molecule has 0 bridgehead atoms. The van der Waals surface area contributed by atoms with E-state index >= 15 is 0 Å². The molecule has 0 aliphatic carbocycles. The van der Waals surface area contributed by atoms with E-state index in [0.29, 0.717) is 36.0 Å². The van der Waals surface area contributed by atoms with Crippen LogP contribution in [0.5, 0.6) is 0 Å². The molecule has 1 atom stereocenters. The summed E-state index contributed by atoms with van der Waals surface area (Å²) in [4.78, 5) is 19.0. The molecule has 1 aromatic carbocycles. The van der Waals surface area contributed by atoms with E-state index in [1.165, 1.54) is 0 Å². The zero-order valence-electron chi connectivity index (χ0n) is 17.1. The van der Waals surface area contributed by atoms with Gasteiger partial charge in [-0.2, -0.15) is 0 Å². The molecule has 29 heavy (non-hydrogen) atoms. The van der Waals surface area contributed by atoms with E-state index in [2.05, 4.69) is 15.2 Å². The Balaban J connectivity index is 2.00. The van der Waals surface area contributed by atoms with Crippen molar-refractivity contribution < 1.29 is 4.79 Å². The molecule has 1 amide bonds. The normalized spacial score (nSPS) is 19.1. The minimum Gasteiger partial charge on any atom is -0.382 e. The zero-order chi connectivity index (χ0) is 21.6. The van der Waals surface area contributed by atoms with Crippen molar-refractivity contribution >= 4 is 34.9 Å². The summed E-state index contributed by atoms with van der Waals surface area (Å²) in [6, 6.07) is 7.25. The van der Waals surface area contributed by atoms with Crippen molar-refractivity contribution in [2.45, 2.75) is 45.2 Å². The van der Waals surface area contributed by atoms with E-state index in [1.807, 2.05) is 32.9 Å². The lowest BCUT2D eigenvalue weighted by Gasteiger charge is -2.40. The van der Waals surface area contributed by atoms with Crippen LogP contribution in [0.25, 0.3) is 0 Å². The molecule has 0 spiro atoms. The number of benzene rings is 1. The topological polar surface area (TPSA) is 96.7 Å². The summed E-state index contributed by atoms with van der Waals surface area (Å²) in [5.74, 6) is 0.114. The second kappa shape index (κ2) is 10.1. The molecule has 8 heteroatoms. The van der Waals surface area contributed by atoms with Gasteiger partial charge in [0.15, 0.2) is 0 Å². The fraction of sp³-hybridized carbons (Fsp3) is 0.429. The van der Waals surface area contributed by atoms with Crippen LogP contribution in [0.15, 0.2) is 52.3 Å². The van der Waals surface area contributed by atoms with E-state index in [1.54, 1.807) is 24.4 Å². The summed E-state index contributed by atoms with van der Waals surface area (Å²) in [6.45, 7) is 6.90. The van der Waals surface area contributed by atoms with Crippen LogP contribution < -0.4 is 16.8 Å². The molecule has 0 aromatic heterocycles. The highest BCUT2D eigenvalue weighted by Crippen LogP contribution is 2.26. The second-order valence-corrected chi connectivity index (χ2v) is 8.10. The Morgan fingerprint density at radius 2 is 1.90 bits per heavy atom. The number of halogens is 2. The van der Waals surface area contributed by atoms with Gasteiger partial charge in [-0.25, -0.2) is 4.99 Å². The quantitative estimate of drug-likeness (QED) is 0.466. The highest BCUT2D eigenvalue weighted by atomic mass is 35.5.